The van der Waals surface area contributed by atoms with E-state index in [0.29, 0.717) is 12.5 Å². The third-order valence-corrected chi connectivity index (χ3v) is 3.88. The highest BCUT2D eigenvalue weighted by Crippen LogP contribution is 2.25. The molecular weight excluding hydrogens is 266 g/mol. The second-order valence-corrected chi connectivity index (χ2v) is 6.39. The van der Waals surface area contributed by atoms with E-state index in [4.69, 9.17) is 9.84 Å². The molecule has 0 radical (unpaired) electrons. The van der Waals surface area contributed by atoms with Gasteiger partial charge in [0, 0.05) is 24.6 Å². The maximum atomic E-state index is 9.63. The quantitative estimate of drug-likeness (QED) is 0.650. The summed E-state index contributed by atoms with van der Waals surface area (Å²) >= 11 is 0. The number of ether oxygens (including phenoxy) is 1. The molecule has 0 spiro atoms. The lowest BCUT2D eigenvalue weighted by molar-refractivity contribution is 0.108. The van der Waals surface area contributed by atoms with Crippen LogP contribution in [-0.4, -0.2) is 41.1 Å². The van der Waals surface area contributed by atoms with Crippen LogP contribution in [0.5, 0.6) is 5.75 Å². The molecule has 21 heavy (non-hydrogen) atoms. The first-order valence-electron chi connectivity index (χ1n) is 7.80. The minimum absolute atomic E-state index is 0.0251. The van der Waals surface area contributed by atoms with Gasteiger partial charge in [0.15, 0.2) is 0 Å². The molecule has 0 bridgehead atoms. The van der Waals surface area contributed by atoms with E-state index in [1.807, 2.05) is 31.2 Å². The molecule has 4 heteroatoms. The van der Waals surface area contributed by atoms with E-state index in [1.165, 1.54) is 12.8 Å². The number of rotatable bonds is 9. The van der Waals surface area contributed by atoms with Crippen molar-refractivity contribution in [2.75, 3.05) is 13.2 Å². The van der Waals surface area contributed by atoms with Crippen LogP contribution in [0, 0.1) is 0 Å². The fourth-order valence-corrected chi connectivity index (χ4v) is 2.66. The predicted molar refractivity (Wildman–Crippen MR) is 83.6 cm³/mol. The van der Waals surface area contributed by atoms with Crippen molar-refractivity contribution in [3.63, 3.8) is 0 Å². The average Bonchev–Trinajstić information content (AvgIpc) is 3.25. The van der Waals surface area contributed by atoms with Gasteiger partial charge < -0.3 is 20.3 Å². The SMILES string of the molecule is CC(CC(C)(CO)NC1CC1)Oc1ccc(CCO)cc1. The molecule has 4 nitrogen and oxygen atoms in total. The Bertz CT molecular complexity index is 430. The Labute approximate surface area is 127 Å². The predicted octanol–water partition coefficient (Wildman–Crippen LogP) is 1.88. The van der Waals surface area contributed by atoms with Crippen molar-refractivity contribution in [3.8, 4) is 5.75 Å². The highest BCUT2D eigenvalue weighted by Gasteiger charge is 2.33. The highest BCUT2D eigenvalue weighted by atomic mass is 16.5. The second-order valence-electron chi connectivity index (χ2n) is 6.39. The molecule has 1 aliphatic rings. The van der Waals surface area contributed by atoms with Gasteiger partial charge in [0.1, 0.15) is 5.75 Å². The molecule has 0 amide bonds. The van der Waals surface area contributed by atoms with E-state index < -0.39 is 0 Å². The zero-order valence-electron chi connectivity index (χ0n) is 13.0. The second kappa shape index (κ2) is 7.25. The van der Waals surface area contributed by atoms with Gasteiger partial charge in [-0.3, -0.25) is 0 Å². The van der Waals surface area contributed by atoms with Crippen LogP contribution in [0.1, 0.15) is 38.7 Å². The van der Waals surface area contributed by atoms with E-state index in [-0.39, 0.29) is 24.9 Å². The molecule has 1 aromatic rings. The molecule has 3 N–H and O–H groups in total. The summed E-state index contributed by atoms with van der Waals surface area (Å²) in [6.45, 7) is 4.37. The van der Waals surface area contributed by atoms with E-state index in [9.17, 15) is 5.11 Å². The van der Waals surface area contributed by atoms with Gasteiger partial charge in [0.05, 0.1) is 12.7 Å². The molecule has 0 aromatic heterocycles. The Kier molecular flexibility index (Phi) is 5.62. The van der Waals surface area contributed by atoms with Gasteiger partial charge in [-0.2, -0.15) is 0 Å². The molecule has 0 aliphatic heterocycles. The third-order valence-electron chi connectivity index (χ3n) is 3.88. The Hall–Kier alpha value is -1.10. The highest BCUT2D eigenvalue weighted by molar-refractivity contribution is 5.27. The summed E-state index contributed by atoms with van der Waals surface area (Å²) in [5.41, 5.74) is 0.824. The normalized spacial score (nSPS) is 19.0. The van der Waals surface area contributed by atoms with Crippen LogP contribution in [0.2, 0.25) is 0 Å². The van der Waals surface area contributed by atoms with Crippen LogP contribution >= 0.6 is 0 Å². The standard InChI is InChI=1S/C17H27NO3/c1-13(11-17(2,12-20)18-15-5-6-15)21-16-7-3-14(4-8-16)9-10-19/h3-4,7-8,13,15,18-20H,5-6,9-12H2,1-2H3. The molecule has 1 saturated carbocycles. The molecule has 2 rings (SSSR count). The van der Waals surface area contributed by atoms with E-state index in [2.05, 4.69) is 12.2 Å². The van der Waals surface area contributed by atoms with Crippen molar-refractivity contribution in [3.05, 3.63) is 29.8 Å². The van der Waals surface area contributed by atoms with Crippen molar-refractivity contribution >= 4 is 0 Å². The summed E-state index contributed by atoms with van der Waals surface area (Å²) in [7, 11) is 0. The minimum Gasteiger partial charge on any atom is -0.491 e. The van der Waals surface area contributed by atoms with Gasteiger partial charge in [-0.25, -0.2) is 0 Å². The Morgan fingerprint density at radius 3 is 2.48 bits per heavy atom. The molecule has 1 aromatic carbocycles. The summed E-state index contributed by atoms with van der Waals surface area (Å²) in [6.07, 6.45) is 3.87. The first-order valence-corrected chi connectivity index (χ1v) is 7.80. The molecule has 118 valence electrons. The van der Waals surface area contributed by atoms with E-state index in [1.54, 1.807) is 0 Å². The van der Waals surface area contributed by atoms with Crippen molar-refractivity contribution in [1.82, 2.24) is 5.32 Å². The number of benzene rings is 1. The van der Waals surface area contributed by atoms with Gasteiger partial charge in [-0.05, 0) is 50.8 Å². The van der Waals surface area contributed by atoms with Gasteiger partial charge in [0.25, 0.3) is 0 Å². The molecule has 2 atom stereocenters. The van der Waals surface area contributed by atoms with Crippen LogP contribution < -0.4 is 10.1 Å². The Morgan fingerprint density at radius 2 is 1.95 bits per heavy atom. The summed E-state index contributed by atoms with van der Waals surface area (Å²) < 4.78 is 5.93. The fourth-order valence-electron chi connectivity index (χ4n) is 2.66. The Balaban J connectivity index is 1.85. The van der Waals surface area contributed by atoms with Crippen molar-refractivity contribution in [2.24, 2.45) is 0 Å². The van der Waals surface area contributed by atoms with E-state index in [0.717, 1.165) is 17.7 Å². The molecular formula is C17H27NO3. The molecule has 2 unspecified atom stereocenters. The fraction of sp³-hybridized carbons (Fsp3) is 0.647. The first-order chi connectivity index (χ1) is 10.0. The van der Waals surface area contributed by atoms with Crippen LogP contribution in [0.3, 0.4) is 0 Å². The largest absolute Gasteiger partial charge is 0.491 e. The Morgan fingerprint density at radius 1 is 1.29 bits per heavy atom. The number of aliphatic hydroxyl groups excluding tert-OH is 2. The zero-order valence-corrected chi connectivity index (χ0v) is 13.0. The van der Waals surface area contributed by atoms with Gasteiger partial charge in [-0.1, -0.05) is 12.1 Å². The van der Waals surface area contributed by atoms with Crippen LogP contribution in [0.4, 0.5) is 0 Å². The van der Waals surface area contributed by atoms with Gasteiger partial charge >= 0.3 is 0 Å². The number of hydrogen-bond donors (Lipinski definition) is 3. The van der Waals surface area contributed by atoms with E-state index >= 15 is 0 Å². The molecule has 0 heterocycles. The summed E-state index contributed by atoms with van der Waals surface area (Å²) in [6, 6.07) is 8.39. The maximum absolute atomic E-state index is 9.63. The molecule has 0 saturated heterocycles. The monoisotopic (exact) mass is 293 g/mol. The first kappa shape index (κ1) is 16.3. The third kappa shape index (κ3) is 5.30. The summed E-state index contributed by atoms with van der Waals surface area (Å²) in [5.74, 6) is 0.830. The zero-order chi connectivity index (χ0) is 15.3. The summed E-state index contributed by atoms with van der Waals surface area (Å²) in [5, 5.41) is 22.0. The van der Waals surface area contributed by atoms with Crippen molar-refractivity contribution in [1.29, 1.82) is 0 Å². The number of nitrogens with one attached hydrogen (secondary N) is 1. The van der Waals surface area contributed by atoms with Crippen LogP contribution in [0.15, 0.2) is 24.3 Å². The number of aliphatic hydroxyl groups is 2. The molecule has 1 aliphatic carbocycles. The van der Waals surface area contributed by atoms with Crippen LogP contribution in [-0.2, 0) is 6.42 Å². The molecule has 1 fully saturated rings. The topological polar surface area (TPSA) is 61.7 Å². The van der Waals surface area contributed by atoms with Crippen molar-refractivity contribution < 1.29 is 14.9 Å². The smallest absolute Gasteiger partial charge is 0.119 e. The van der Waals surface area contributed by atoms with Crippen molar-refractivity contribution in [2.45, 2.75) is 57.2 Å². The number of hydrogen-bond acceptors (Lipinski definition) is 4. The lowest BCUT2D eigenvalue weighted by atomic mass is 9.95. The minimum atomic E-state index is -0.280. The van der Waals surface area contributed by atoms with Crippen LogP contribution in [0.25, 0.3) is 0 Å². The average molecular weight is 293 g/mol. The lowest BCUT2D eigenvalue weighted by Crippen LogP contribution is -2.49. The summed E-state index contributed by atoms with van der Waals surface area (Å²) in [4.78, 5) is 0. The lowest BCUT2D eigenvalue weighted by Gasteiger charge is -2.32. The van der Waals surface area contributed by atoms with Gasteiger partial charge in [0.2, 0.25) is 0 Å². The van der Waals surface area contributed by atoms with Gasteiger partial charge in [-0.15, -0.1) is 0 Å². The maximum Gasteiger partial charge on any atom is 0.119 e.